The molecule has 1 fully saturated rings. The first-order valence-corrected chi connectivity index (χ1v) is 10.5. The second kappa shape index (κ2) is 9.05. The predicted octanol–water partition coefficient (Wildman–Crippen LogP) is 3.46. The lowest BCUT2D eigenvalue weighted by molar-refractivity contribution is 0.103. The van der Waals surface area contributed by atoms with Gasteiger partial charge in [0, 0.05) is 37.9 Å². The van der Waals surface area contributed by atoms with E-state index in [0.29, 0.717) is 44.0 Å². The Morgan fingerprint density at radius 2 is 1.84 bits per heavy atom. The molecule has 3 heterocycles. The van der Waals surface area contributed by atoms with E-state index in [0.717, 1.165) is 16.7 Å². The van der Waals surface area contributed by atoms with Gasteiger partial charge in [-0.25, -0.2) is 14.8 Å². The quantitative estimate of drug-likeness (QED) is 0.608. The molecule has 3 N–H and O–H groups in total. The maximum atomic E-state index is 13.3. The summed E-state index contributed by atoms with van der Waals surface area (Å²) in [5.74, 6) is 0.505. The molecule has 32 heavy (non-hydrogen) atoms. The summed E-state index contributed by atoms with van der Waals surface area (Å²) < 4.78 is 0. The van der Waals surface area contributed by atoms with E-state index >= 15 is 0 Å². The molecule has 1 aromatic carbocycles. The van der Waals surface area contributed by atoms with E-state index in [1.807, 2.05) is 42.2 Å². The van der Waals surface area contributed by atoms with Gasteiger partial charge in [-0.2, -0.15) is 0 Å². The number of carbonyl (C=O) groups is 2. The Hall–Kier alpha value is -3.94. The molecule has 1 amide bonds. The van der Waals surface area contributed by atoms with E-state index < -0.39 is 6.09 Å². The van der Waals surface area contributed by atoms with Gasteiger partial charge in [-0.15, -0.1) is 0 Å². The van der Waals surface area contributed by atoms with Gasteiger partial charge in [0.25, 0.3) is 0 Å². The molecule has 3 aromatic rings. The maximum Gasteiger partial charge on any atom is 0.407 e. The first-order chi connectivity index (χ1) is 15.4. The van der Waals surface area contributed by atoms with Gasteiger partial charge in [-0.1, -0.05) is 30.3 Å². The lowest BCUT2D eigenvalue weighted by atomic mass is 9.99. The third kappa shape index (κ3) is 4.39. The number of carboxylic acid groups (broad SMARTS) is 1. The summed E-state index contributed by atoms with van der Waals surface area (Å²) in [6.45, 7) is 4.07. The highest BCUT2D eigenvalue weighted by atomic mass is 16.4. The zero-order valence-electron chi connectivity index (χ0n) is 17.9. The number of aromatic nitrogens is 2. The SMILES string of the molecule is Cc1ccccc1-c1cnc(N)c(C(=O)c2cccc(N3CCCN(C(=O)O)CC3)n2)c1. The van der Waals surface area contributed by atoms with Crippen molar-refractivity contribution in [3.8, 4) is 11.1 Å². The number of hydrogen-bond acceptors (Lipinski definition) is 6. The number of carbonyl (C=O) groups excluding carboxylic acids is 1. The first-order valence-electron chi connectivity index (χ1n) is 10.5. The minimum Gasteiger partial charge on any atom is -0.465 e. The molecule has 8 heteroatoms. The van der Waals surface area contributed by atoms with Gasteiger partial charge >= 0.3 is 6.09 Å². The van der Waals surface area contributed by atoms with Crippen LogP contribution in [0.25, 0.3) is 11.1 Å². The number of pyridine rings is 2. The summed E-state index contributed by atoms with van der Waals surface area (Å²) in [5, 5.41) is 9.24. The summed E-state index contributed by atoms with van der Waals surface area (Å²) in [6, 6.07) is 14.9. The standard InChI is InChI=1S/C24H25N5O3/c1-16-6-2-3-7-18(16)17-14-19(23(25)26-15-17)22(30)20-8-4-9-21(27-20)28-10-5-11-29(13-12-28)24(31)32/h2-4,6-9,14-15H,5,10-13H2,1H3,(H2,25,26)(H,31,32). The molecule has 2 aromatic heterocycles. The van der Waals surface area contributed by atoms with Gasteiger partial charge in [-0.05, 0) is 42.7 Å². The van der Waals surface area contributed by atoms with Crippen molar-refractivity contribution >= 4 is 23.5 Å². The molecule has 0 aliphatic carbocycles. The summed E-state index contributed by atoms with van der Waals surface area (Å²) in [4.78, 5) is 36.8. The third-order valence-corrected chi connectivity index (χ3v) is 5.68. The maximum absolute atomic E-state index is 13.3. The molecule has 164 valence electrons. The van der Waals surface area contributed by atoms with E-state index in [1.165, 1.54) is 4.90 Å². The van der Waals surface area contributed by atoms with Crippen molar-refractivity contribution in [3.63, 3.8) is 0 Å². The van der Waals surface area contributed by atoms with Crippen molar-refractivity contribution in [3.05, 3.63) is 71.5 Å². The fraction of sp³-hybridized carbons (Fsp3) is 0.250. The predicted molar refractivity (Wildman–Crippen MR) is 123 cm³/mol. The van der Waals surface area contributed by atoms with Crippen LogP contribution >= 0.6 is 0 Å². The molecule has 0 saturated carbocycles. The van der Waals surface area contributed by atoms with Crippen LogP contribution in [0.15, 0.2) is 54.7 Å². The van der Waals surface area contributed by atoms with Crippen LogP contribution in [0.5, 0.6) is 0 Å². The average Bonchev–Trinajstić information content (AvgIpc) is 3.06. The second-order valence-electron chi connectivity index (χ2n) is 7.79. The Morgan fingerprint density at radius 3 is 2.62 bits per heavy atom. The number of nitrogen functional groups attached to an aromatic ring is 1. The molecule has 1 aliphatic heterocycles. The van der Waals surface area contributed by atoms with E-state index in [1.54, 1.807) is 24.4 Å². The monoisotopic (exact) mass is 431 g/mol. The number of hydrogen-bond donors (Lipinski definition) is 2. The first kappa shape index (κ1) is 21.3. The molecule has 0 radical (unpaired) electrons. The number of aryl methyl sites for hydroxylation is 1. The van der Waals surface area contributed by atoms with Crippen molar-refractivity contribution in [1.82, 2.24) is 14.9 Å². The van der Waals surface area contributed by atoms with Crippen LogP contribution in [0.3, 0.4) is 0 Å². The third-order valence-electron chi connectivity index (χ3n) is 5.68. The van der Waals surface area contributed by atoms with Crippen LogP contribution in [0.2, 0.25) is 0 Å². The Balaban J connectivity index is 1.61. The topological polar surface area (TPSA) is 113 Å². The van der Waals surface area contributed by atoms with E-state index in [9.17, 15) is 14.7 Å². The molecule has 1 aliphatic rings. The number of nitrogens with two attached hydrogens (primary N) is 1. The molecule has 4 rings (SSSR count). The minimum absolute atomic E-state index is 0.159. The molecular weight excluding hydrogens is 406 g/mol. The fourth-order valence-electron chi connectivity index (χ4n) is 3.90. The van der Waals surface area contributed by atoms with Gasteiger partial charge in [0.2, 0.25) is 5.78 Å². The largest absolute Gasteiger partial charge is 0.465 e. The zero-order valence-corrected chi connectivity index (χ0v) is 17.9. The highest BCUT2D eigenvalue weighted by Gasteiger charge is 2.21. The van der Waals surface area contributed by atoms with Crippen molar-refractivity contribution in [2.45, 2.75) is 13.3 Å². The smallest absolute Gasteiger partial charge is 0.407 e. The Morgan fingerprint density at radius 1 is 1.03 bits per heavy atom. The van der Waals surface area contributed by atoms with Crippen LogP contribution in [-0.4, -0.2) is 58.0 Å². The fourth-order valence-corrected chi connectivity index (χ4v) is 3.90. The Bertz CT molecular complexity index is 1160. The van der Waals surface area contributed by atoms with Crippen molar-refractivity contribution in [2.24, 2.45) is 0 Å². The lowest BCUT2D eigenvalue weighted by Gasteiger charge is -2.22. The molecule has 0 atom stereocenters. The van der Waals surface area contributed by atoms with Crippen molar-refractivity contribution < 1.29 is 14.7 Å². The Labute approximate surface area is 186 Å². The van der Waals surface area contributed by atoms with Gasteiger partial charge in [0.1, 0.15) is 17.3 Å². The molecule has 0 unspecified atom stereocenters. The number of ketones is 1. The van der Waals surface area contributed by atoms with Crippen LogP contribution in [0, 0.1) is 6.92 Å². The number of nitrogens with zero attached hydrogens (tertiary/aromatic N) is 4. The van der Waals surface area contributed by atoms with E-state index in [2.05, 4.69) is 9.97 Å². The van der Waals surface area contributed by atoms with Gasteiger partial charge in [0.15, 0.2) is 0 Å². The van der Waals surface area contributed by atoms with Crippen molar-refractivity contribution in [1.29, 1.82) is 0 Å². The summed E-state index contributed by atoms with van der Waals surface area (Å²) in [6.07, 6.45) is 1.45. The second-order valence-corrected chi connectivity index (χ2v) is 7.79. The molecule has 0 spiro atoms. The molecule has 1 saturated heterocycles. The average molecular weight is 431 g/mol. The van der Waals surface area contributed by atoms with Crippen LogP contribution in [-0.2, 0) is 0 Å². The number of amides is 1. The van der Waals surface area contributed by atoms with Crippen LogP contribution < -0.4 is 10.6 Å². The van der Waals surface area contributed by atoms with Crippen LogP contribution in [0.1, 0.15) is 28.0 Å². The highest BCUT2D eigenvalue weighted by Crippen LogP contribution is 2.26. The number of rotatable bonds is 4. The highest BCUT2D eigenvalue weighted by molar-refractivity contribution is 6.11. The van der Waals surface area contributed by atoms with E-state index in [-0.39, 0.29) is 17.3 Å². The van der Waals surface area contributed by atoms with Crippen molar-refractivity contribution in [2.75, 3.05) is 36.8 Å². The minimum atomic E-state index is -0.916. The van der Waals surface area contributed by atoms with Gasteiger partial charge in [-0.3, -0.25) is 4.79 Å². The summed E-state index contributed by atoms with van der Waals surface area (Å²) in [7, 11) is 0. The number of benzene rings is 1. The van der Waals surface area contributed by atoms with Gasteiger partial charge < -0.3 is 20.6 Å². The summed E-state index contributed by atoms with van der Waals surface area (Å²) >= 11 is 0. The Kier molecular flexibility index (Phi) is 6.02. The molecule has 0 bridgehead atoms. The normalized spacial score (nSPS) is 14.2. The van der Waals surface area contributed by atoms with Crippen LogP contribution in [0.4, 0.5) is 16.4 Å². The summed E-state index contributed by atoms with van der Waals surface area (Å²) in [5.41, 5.74) is 9.53. The van der Waals surface area contributed by atoms with E-state index in [4.69, 9.17) is 5.73 Å². The molecular formula is C24H25N5O3. The zero-order chi connectivity index (χ0) is 22.7. The molecule has 8 nitrogen and oxygen atoms in total. The number of anilines is 2. The van der Waals surface area contributed by atoms with Gasteiger partial charge in [0.05, 0.1) is 5.56 Å². The lowest BCUT2D eigenvalue weighted by Crippen LogP contribution is -2.34.